The summed E-state index contributed by atoms with van der Waals surface area (Å²) in [6.45, 7) is 18.8. The number of aromatic nitrogens is 1. The third-order valence-corrected chi connectivity index (χ3v) is 21.8. The minimum absolute atomic E-state index is 0.0527. The molecule has 111 heavy (non-hydrogen) atoms. The lowest BCUT2D eigenvalue weighted by Gasteiger charge is -2.35. The molecular weight excluding hydrogens is 1480 g/mol. The molecule has 604 valence electrons. The quantitative estimate of drug-likeness (QED) is 0.00704. The van der Waals surface area contributed by atoms with Crippen LogP contribution >= 0.6 is 18.9 Å². The summed E-state index contributed by atoms with van der Waals surface area (Å²) in [7, 11) is -5.62. The summed E-state index contributed by atoms with van der Waals surface area (Å²) in [4.78, 5) is 129. The van der Waals surface area contributed by atoms with Crippen molar-refractivity contribution in [1.29, 1.82) is 0 Å². The minimum atomic E-state index is -5.62. The van der Waals surface area contributed by atoms with Crippen molar-refractivity contribution in [2.24, 2.45) is 22.0 Å². The molecule has 8 rings (SSSR count). The van der Waals surface area contributed by atoms with Crippen molar-refractivity contribution in [2.45, 2.75) is 196 Å². The molecule has 1 aromatic heterocycles. The summed E-state index contributed by atoms with van der Waals surface area (Å²) < 4.78 is 89.7. The number of halogens is 2. The number of carbonyl (C=O) groups excluding carboxylic acids is 9. The van der Waals surface area contributed by atoms with Crippen molar-refractivity contribution in [3.63, 3.8) is 0 Å². The number of aliphatic hydroxyl groups excluding tert-OH is 1. The van der Waals surface area contributed by atoms with E-state index in [1.54, 1.807) is 23.8 Å². The first kappa shape index (κ1) is 87.9. The predicted octanol–water partition coefficient (Wildman–Crippen LogP) is 9.43. The minimum Gasteiger partial charge on any atom is -0.438 e. The Kier molecular flexibility index (Phi) is 31.0. The number of thiazole rings is 1. The molecule has 7 atom stereocenters. The smallest absolute Gasteiger partial charge is 0.410 e. The second-order valence-electron chi connectivity index (χ2n) is 31.0. The number of β-amino-alcohol motifs (C(OH)–C–C–N with tert-alkyl or cyclic N) is 1. The number of primary amides is 1. The predicted molar refractivity (Wildman–Crippen MR) is 410 cm³/mol. The van der Waals surface area contributed by atoms with Crippen molar-refractivity contribution in [3.05, 3.63) is 147 Å². The molecule has 0 saturated carbocycles. The highest BCUT2D eigenvalue weighted by atomic mass is 32.1. The van der Waals surface area contributed by atoms with Crippen LogP contribution in [-0.2, 0) is 123 Å². The number of likely N-dealkylation sites (tertiary alicyclic amines) is 1. The van der Waals surface area contributed by atoms with Gasteiger partial charge in [0, 0.05) is 50.6 Å². The molecule has 4 heterocycles. The van der Waals surface area contributed by atoms with E-state index in [1.165, 1.54) is 76.5 Å². The molecule has 3 aliphatic rings. The van der Waals surface area contributed by atoms with E-state index >= 15 is 8.78 Å². The van der Waals surface area contributed by atoms with E-state index in [1.807, 2.05) is 94.4 Å². The van der Waals surface area contributed by atoms with Crippen molar-refractivity contribution >= 4 is 83.5 Å². The largest absolute Gasteiger partial charge is 0.438 e. The van der Waals surface area contributed by atoms with Gasteiger partial charge in [-0.2, -0.15) is 8.78 Å². The molecular formula is C80H105F2N8O19PS. The van der Waals surface area contributed by atoms with Gasteiger partial charge in [0.15, 0.2) is 0 Å². The number of benzene rings is 4. The molecule has 27 nitrogen and oxygen atoms in total. The number of hydrogen-bond acceptors (Lipinski definition) is 21. The highest BCUT2D eigenvalue weighted by Crippen LogP contribution is 2.67. The number of nitrogens with two attached hydrogens (primary N) is 1. The summed E-state index contributed by atoms with van der Waals surface area (Å²) in [6.07, 6.45) is 1.91. The van der Waals surface area contributed by atoms with Crippen LogP contribution in [0.15, 0.2) is 103 Å². The van der Waals surface area contributed by atoms with Crippen LogP contribution in [0.2, 0.25) is 0 Å². The second kappa shape index (κ2) is 39.2. The fourth-order valence-electron chi connectivity index (χ4n) is 12.6. The van der Waals surface area contributed by atoms with E-state index in [0.29, 0.717) is 31.9 Å². The molecule has 0 bridgehead atoms. The van der Waals surface area contributed by atoms with E-state index in [0.717, 1.165) is 68.9 Å². The Labute approximate surface area is 650 Å². The van der Waals surface area contributed by atoms with Crippen LogP contribution in [0.1, 0.15) is 153 Å². The van der Waals surface area contributed by atoms with Crippen LogP contribution in [0.4, 0.5) is 14.5 Å². The number of aryl methyl sites for hydroxylation is 3. The van der Waals surface area contributed by atoms with Gasteiger partial charge in [-0.3, -0.25) is 61.7 Å². The van der Waals surface area contributed by atoms with Gasteiger partial charge < -0.3 is 65.4 Å². The van der Waals surface area contributed by atoms with Gasteiger partial charge in [0.2, 0.25) is 54.9 Å². The van der Waals surface area contributed by atoms with Crippen LogP contribution in [-0.4, -0.2) is 170 Å². The van der Waals surface area contributed by atoms with Gasteiger partial charge in [-0.25, -0.2) is 4.98 Å². The van der Waals surface area contributed by atoms with E-state index in [2.05, 4.69) is 26.3 Å². The van der Waals surface area contributed by atoms with Gasteiger partial charge in [0.1, 0.15) is 30.8 Å². The maximum Gasteiger partial charge on any atom is 0.410 e. The van der Waals surface area contributed by atoms with E-state index in [-0.39, 0.29) is 82.8 Å². The van der Waals surface area contributed by atoms with Crippen molar-refractivity contribution in [1.82, 2.24) is 31.2 Å². The Morgan fingerprint density at radius 2 is 1.37 bits per heavy atom. The summed E-state index contributed by atoms with van der Waals surface area (Å²) >= 11 is 1.55. The number of para-hydroxylation sites is 1. The van der Waals surface area contributed by atoms with Crippen molar-refractivity contribution < 1.29 is 99.1 Å². The van der Waals surface area contributed by atoms with Gasteiger partial charge >= 0.3 is 25.2 Å². The third-order valence-electron chi connectivity index (χ3n) is 19.0. The zero-order valence-corrected chi connectivity index (χ0v) is 66.8. The van der Waals surface area contributed by atoms with Crippen molar-refractivity contribution in [3.8, 4) is 10.4 Å². The maximum atomic E-state index is 16.3. The molecule has 7 N–H and O–H groups in total. The Hall–Kier alpha value is -8.71. The average molecular weight is 1580 g/mol. The number of nitrogens with one attached hydrogen (secondary N) is 4. The summed E-state index contributed by atoms with van der Waals surface area (Å²) in [6, 6.07) is 20.7. The molecule has 0 spiro atoms. The number of esters is 2. The van der Waals surface area contributed by atoms with Gasteiger partial charge in [-0.05, 0) is 144 Å². The number of carbonyl (C=O) groups is 9. The number of hydrogen-bond donors (Lipinski definition) is 6. The standard InChI is InChI=1S/C80H105F2N8O19PS/c1-49(55-26-29-59(30-27-55)80(81,82)110(101,108-47-106-75(99)78(7,8)9)109-48-107-76(100)79(10,11)12)39-66(93)86-62-31-28-56-16-13-17-58-40-64(90(68(56)58)73(62)97)72(96)87-61(32-33-65(83)92)51(3)105-44-54-20-18-52(19-21-54)15-14-34-102-35-36-103-37-38-104-45-67(94)88-70(77(4,5)6)74(98)89-43-60(91)41-63(89)71(95)84-42-53-22-24-57(25-23-53)69-50(2)85-46-111-69/h13,16-27,29-30,39,46,51,60-64,70,91H,14-15,28,31-38,40-45,47-48H2,1-12H3,(H2,83,92)(H,84,95)(H,86,93)(H,87,96)(H,88,94)/b49-39+/t51-,60-,61+,62+,63+,64+,70-/m1/s1. The Bertz CT molecular complexity index is 4120. The Morgan fingerprint density at radius 3 is 1.97 bits per heavy atom. The fourth-order valence-corrected chi connectivity index (χ4v) is 14.7. The normalized spacial score (nSPS) is 17.6. The maximum absolute atomic E-state index is 16.3. The first-order chi connectivity index (χ1) is 52.3. The number of anilines is 1. The highest BCUT2D eigenvalue weighted by Gasteiger charge is 2.56. The lowest BCUT2D eigenvalue weighted by molar-refractivity contribution is -0.163. The molecule has 1 fully saturated rings. The van der Waals surface area contributed by atoms with E-state index in [4.69, 9.17) is 43.2 Å². The van der Waals surface area contributed by atoms with Crippen molar-refractivity contribution in [2.75, 3.05) is 64.7 Å². The first-order valence-corrected chi connectivity index (χ1v) is 39.5. The molecule has 0 radical (unpaired) electrons. The van der Waals surface area contributed by atoms with Gasteiger partial charge in [0.05, 0.1) is 83.9 Å². The SMILES string of the molecule is C/C(=C\C(=O)N[C@H]1CCc2cccc3c2N(C1=O)[C@H](C(=O)N[C@@H](CCC(N)=O)[C@@H](C)OCc1ccc(CCCOCCOCCOCC(=O)N[C@H](C(=O)N2C[C@H](O)C[C@H]2C(=O)NCc2ccc(-c4scnc4C)cc2)C(C)(C)C)cc1)C3)c1ccc(C(F)(F)P(=O)(OCOC(=O)C(C)(C)C)OCOC(=O)C(C)(C)C)cc1. The molecule has 4 aromatic carbocycles. The third kappa shape index (κ3) is 24.4. The lowest BCUT2D eigenvalue weighted by atomic mass is 9.85. The Morgan fingerprint density at radius 1 is 0.766 bits per heavy atom. The van der Waals surface area contributed by atoms with Crippen LogP contribution in [0.25, 0.3) is 16.0 Å². The van der Waals surface area contributed by atoms with E-state index < -0.39 is 144 Å². The fraction of sp³-hybridized carbons (Fsp3) is 0.525. The van der Waals surface area contributed by atoms with Gasteiger partial charge in [0.25, 0.3) is 0 Å². The van der Waals surface area contributed by atoms with Gasteiger partial charge in [-0.15, -0.1) is 11.3 Å². The molecule has 0 unspecified atom stereocenters. The molecule has 31 heteroatoms. The zero-order valence-electron chi connectivity index (χ0n) is 65.1. The number of aliphatic hydroxyl groups is 1. The number of ether oxygens (including phenoxy) is 6. The topological polar surface area (TPSA) is 358 Å². The molecule has 7 amide bonds. The average Bonchev–Trinajstić information content (AvgIpc) is 1.65. The molecule has 0 aliphatic carbocycles. The lowest BCUT2D eigenvalue weighted by Crippen LogP contribution is -2.58. The first-order valence-electron chi connectivity index (χ1n) is 37.1. The van der Waals surface area contributed by atoms with Crippen LogP contribution < -0.4 is 31.9 Å². The van der Waals surface area contributed by atoms with Crippen LogP contribution in [0.3, 0.4) is 0 Å². The molecule has 3 aliphatic heterocycles. The monoisotopic (exact) mass is 1580 g/mol. The number of rotatable bonds is 38. The summed E-state index contributed by atoms with van der Waals surface area (Å²) in [5, 5.41) is 22.2. The summed E-state index contributed by atoms with van der Waals surface area (Å²) in [5.74, 6) is -5.42. The second-order valence-corrected chi connectivity index (χ2v) is 34.0. The van der Waals surface area contributed by atoms with Crippen LogP contribution in [0, 0.1) is 23.2 Å². The number of nitrogens with zero attached hydrogens (tertiary/aromatic N) is 3. The number of alkyl halides is 2. The highest BCUT2D eigenvalue weighted by molar-refractivity contribution is 7.54. The molecule has 5 aromatic rings. The van der Waals surface area contributed by atoms with Crippen LogP contribution in [0.5, 0.6) is 0 Å². The van der Waals surface area contributed by atoms with Gasteiger partial charge in [-0.1, -0.05) is 112 Å². The molecule has 1 saturated heterocycles. The number of allylic oxidation sites excluding steroid dienone is 1. The zero-order chi connectivity index (χ0) is 81.2. The van der Waals surface area contributed by atoms with E-state index in [9.17, 15) is 52.8 Å². The Balaban J connectivity index is 0.750. The number of amides is 7. The summed E-state index contributed by atoms with van der Waals surface area (Å²) in [5.41, 5.74) is 6.74.